The van der Waals surface area contributed by atoms with Crippen LogP contribution in [0.3, 0.4) is 0 Å². The smallest absolute Gasteiger partial charge is 0.229 e. The first kappa shape index (κ1) is 16.6. The van der Waals surface area contributed by atoms with E-state index in [1.54, 1.807) is 17.1 Å². The number of nitrogens with one attached hydrogen (secondary N) is 2. The van der Waals surface area contributed by atoms with Crippen molar-refractivity contribution in [3.8, 4) is 5.82 Å². The van der Waals surface area contributed by atoms with E-state index in [2.05, 4.69) is 25.6 Å². The zero-order valence-corrected chi connectivity index (χ0v) is 14.4. The second-order valence-electron chi connectivity index (χ2n) is 6.64. The fourth-order valence-corrected chi connectivity index (χ4v) is 2.05. The van der Waals surface area contributed by atoms with E-state index in [-0.39, 0.29) is 5.91 Å². The summed E-state index contributed by atoms with van der Waals surface area (Å²) in [4.78, 5) is 24.5. The molecule has 3 rings (SSSR count). The van der Waals surface area contributed by atoms with Gasteiger partial charge in [-0.1, -0.05) is 20.8 Å². The lowest BCUT2D eigenvalue weighted by Crippen LogP contribution is -2.27. The van der Waals surface area contributed by atoms with Crippen molar-refractivity contribution in [3.63, 3.8) is 0 Å². The molecule has 3 aromatic rings. The molecule has 0 bridgehead atoms. The third-order valence-corrected chi connectivity index (χ3v) is 3.52. The number of anilines is 3. The van der Waals surface area contributed by atoms with Crippen molar-refractivity contribution in [3.05, 3.63) is 55.4 Å². The monoisotopic (exact) mass is 336 g/mol. The third-order valence-electron chi connectivity index (χ3n) is 3.52. The Morgan fingerprint density at radius 2 is 1.80 bits per heavy atom. The van der Waals surface area contributed by atoms with Crippen molar-refractivity contribution in [1.29, 1.82) is 0 Å². The third kappa shape index (κ3) is 4.20. The number of nitrogens with zero attached hydrogens (tertiary/aromatic N) is 4. The van der Waals surface area contributed by atoms with Gasteiger partial charge in [-0.3, -0.25) is 9.36 Å². The van der Waals surface area contributed by atoms with Crippen LogP contribution < -0.4 is 10.6 Å². The minimum atomic E-state index is -0.429. The molecule has 0 fully saturated rings. The zero-order valence-electron chi connectivity index (χ0n) is 14.4. The van der Waals surface area contributed by atoms with Gasteiger partial charge in [0.2, 0.25) is 5.91 Å². The van der Waals surface area contributed by atoms with Crippen LogP contribution in [0.4, 0.5) is 17.2 Å². The van der Waals surface area contributed by atoms with Gasteiger partial charge < -0.3 is 10.6 Å². The molecule has 1 amide bonds. The number of aromatic nitrogens is 4. The van der Waals surface area contributed by atoms with E-state index in [1.807, 2.05) is 57.3 Å². The Kier molecular flexibility index (Phi) is 4.47. The molecule has 1 aromatic carbocycles. The lowest BCUT2D eigenvalue weighted by Gasteiger charge is -2.17. The van der Waals surface area contributed by atoms with Gasteiger partial charge in [0.05, 0.1) is 0 Å². The highest BCUT2D eigenvalue weighted by Crippen LogP contribution is 2.21. The largest absolute Gasteiger partial charge is 0.340 e. The fraction of sp³-hybridized carbons (Fsp3) is 0.222. The molecule has 0 atom stereocenters. The van der Waals surface area contributed by atoms with Gasteiger partial charge in [0.1, 0.15) is 24.3 Å². The summed E-state index contributed by atoms with van der Waals surface area (Å²) in [6.45, 7) is 5.64. The van der Waals surface area contributed by atoms with Crippen LogP contribution in [0.25, 0.3) is 5.82 Å². The summed E-state index contributed by atoms with van der Waals surface area (Å²) in [6, 6.07) is 9.30. The summed E-state index contributed by atoms with van der Waals surface area (Å²) in [6.07, 6.45) is 6.69. The van der Waals surface area contributed by atoms with Gasteiger partial charge >= 0.3 is 0 Å². The number of hydrogen-bond donors (Lipinski definition) is 2. The summed E-state index contributed by atoms with van der Waals surface area (Å²) in [5.41, 5.74) is 1.19. The topological polar surface area (TPSA) is 84.7 Å². The Morgan fingerprint density at radius 3 is 2.44 bits per heavy atom. The molecule has 0 saturated carbocycles. The van der Waals surface area contributed by atoms with E-state index in [1.165, 1.54) is 6.33 Å². The highest BCUT2D eigenvalue weighted by molar-refractivity contribution is 5.94. The second-order valence-corrected chi connectivity index (χ2v) is 6.64. The summed E-state index contributed by atoms with van der Waals surface area (Å²) >= 11 is 0. The maximum Gasteiger partial charge on any atom is 0.229 e. The maximum absolute atomic E-state index is 12.0. The minimum absolute atomic E-state index is 0.0195. The van der Waals surface area contributed by atoms with Crippen LogP contribution in [0, 0.1) is 5.41 Å². The van der Waals surface area contributed by atoms with E-state index >= 15 is 0 Å². The zero-order chi connectivity index (χ0) is 17.9. The van der Waals surface area contributed by atoms with Crippen LogP contribution in [0.2, 0.25) is 0 Å². The van der Waals surface area contributed by atoms with Crippen molar-refractivity contribution in [2.45, 2.75) is 20.8 Å². The Bertz CT molecular complexity index is 850. The summed E-state index contributed by atoms with van der Waals surface area (Å²) in [5, 5.41) is 6.12. The number of amides is 1. The summed E-state index contributed by atoms with van der Waals surface area (Å²) < 4.78 is 1.80. The highest BCUT2D eigenvalue weighted by Gasteiger charge is 2.20. The standard InChI is InChI=1S/C18H20N6O/c1-18(2,3)17(25)23-14-6-4-13(5-7-14)22-15-10-16(21-11-20-15)24-9-8-19-12-24/h4-12H,1-3H3,(H,23,25)(H,20,21,22). The van der Waals surface area contributed by atoms with E-state index in [0.717, 1.165) is 17.2 Å². The molecule has 7 heteroatoms. The molecule has 0 saturated heterocycles. The molecule has 2 N–H and O–H groups in total. The molecule has 0 radical (unpaired) electrons. The SMILES string of the molecule is CC(C)(C)C(=O)Nc1ccc(Nc2cc(-n3ccnc3)ncn2)cc1. The van der Waals surface area contributed by atoms with Crippen molar-refractivity contribution in [1.82, 2.24) is 19.5 Å². The molecule has 0 spiro atoms. The number of carbonyl (C=O) groups excluding carboxylic acids is 1. The quantitative estimate of drug-likeness (QED) is 0.763. The molecule has 2 aromatic heterocycles. The van der Waals surface area contributed by atoms with Crippen LogP contribution in [0.15, 0.2) is 55.4 Å². The van der Waals surface area contributed by atoms with E-state index < -0.39 is 5.41 Å². The van der Waals surface area contributed by atoms with E-state index in [0.29, 0.717) is 5.82 Å². The molecule has 0 unspecified atom stereocenters. The predicted octanol–water partition coefficient (Wildman–Crippen LogP) is 3.39. The number of rotatable bonds is 4. The average Bonchev–Trinajstić information content (AvgIpc) is 3.11. The van der Waals surface area contributed by atoms with Crippen LogP contribution in [-0.2, 0) is 4.79 Å². The first-order valence-electron chi connectivity index (χ1n) is 7.91. The molecule has 0 aliphatic carbocycles. The summed E-state index contributed by atoms with van der Waals surface area (Å²) in [5.74, 6) is 1.38. The van der Waals surface area contributed by atoms with Gasteiger partial charge in [-0.25, -0.2) is 15.0 Å². The van der Waals surface area contributed by atoms with E-state index in [4.69, 9.17) is 0 Å². The molecular formula is C18H20N6O. The van der Waals surface area contributed by atoms with Gasteiger partial charge in [0.15, 0.2) is 0 Å². The Labute approximate surface area is 146 Å². The van der Waals surface area contributed by atoms with Gasteiger partial charge in [-0.15, -0.1) is 0 Å². The molecule has 0 aliphatic heterocycles. The van der Waals surface area contributed by atoms with E-state index in [9.17, 15) is 4.79 Å². The molecule has 25 heavy (non-hydrogen) atoms. The van der Waals surface area contributed by atoms with Crippen LogP contribution in [0.1, 0.15) is 20.8 Å². The summed E-state index contributed by atoms with van der Waals surface area (Å²) in [7, 11) is 0. The van der Waals surface area contributed by atoms with Crippen molar-refractivity contribution >= 4 is 23.1 Å². The Balaban J connectivity index is 1.70. The Morgan fingerprint density at radius 1 is 1.08 bits per heavy atom. The van der Waals surface area contributed by atoms with Crippen LogP contribution >= 0.6 is 0 Å². The normalized spacial score (nSPS) is 11.2. The first-order chi connectivity index (χ1) is 11.9. The Hall–Kier alpha value is -3.22. The number of carbonyl (C=O) groups is 1. The molecule has 7 nitrogen and oxygen atoms in total. The average molecular weight is 336 g/mol. The van der Waals surface area contributed by atoms with Gasteiger partial charge in [0, 0.05) is 35.2 Å². The highest BCUT2D eigenvalue weighted by atomic mass is 16.2. The first-order valence-corrected chi connectivity index (χ1v) is 7.91. The molecular weight excluding hydrogens is 316 g/mol. The van der Waals surface area contributed by atoms with Gasteiger partial charge in [-0.05, 0) is 24.3 Å². The predicted molar refractivity (Wildman–Crippen MR) is 97.0 cm³/mol. The maximum atomic E-state index is 12.0. The van der Waals surface area contributed by atoms with Crippen LogP contribution in [-0.4, -0.2) is 25.4 Å². The van der Waals surface area contributed by atoms with Crippen molar-refractivity contribution < 1.29 is 4.79 Å². The van der Waals surface area contributed by atoms with Crippen LogP contribution in [0.5, 0.6) is 0 Å². The fourth-order valence-electron chi connectivity index (χ4n) is 2.05. The van der Waals surface area contributed by atoms with Crippen molar-refractivity contribution in [2.24, 2.45) is 5.41 Å². The van der Waals surface area contributed by atoms with Crippen molar-refractivity contribution in [2.75, 3.05) is 10.6 Å². The lowest BCUT2D eigenvalue weighted by molar-refractivity contribution is -0.123. The molecule has 2 heterocycles. The van der Waals surface area contributed by atoms with Gasteiger partial charge in [-0.2, -0.15) is 0 Å². The number of imidazole rings is 1. The number of benzene rings is 1. The molecule has 0 aliphatic rings. The second kappa shape index (κ2) is 6.72. The van der Waals surface area contributed by atoms with Gasteiger partial charge in [0.25, 0.3) is 0 Å². The molecule has 128 valence electrons. The minimum Gasteiger partial charge on any atom is -0.340 e. The lowest BCUT2D eigenvalue weighted by atomic mass is 9.95. The number of hydrogen-bond acceptors (Lipinski definition) is 5.